The van der Waals surface area contributed by atoms with Crippen LogP contribution in [0.3, 0.4) is 0 Å². The summed E-state index contributed by atoms with van der Waals surface area (Å²) in [5.74, 6) is -0.0399. The van der Waals surface area contributed by atoms with Gasteiger partial charge in [0.25, 0.3) is 0 Å². The number of alkyl halides is 2. The lowest BCUT2D eigenvalue weighted by molar-refractivity contribution is 0.0700. The Hall–Kier alpha value is -1.96. The third kappa shape index (κ3) is 3.91. The van der Waals surface area contributed by atoms with Crippen molar-refractivity contribution in [1.82, 2.24) is 14.5 Å². The van der Waals surface area contributed by atoms with Crippen molar-refractivity contribution in [2.45, 2.75) is 50.7 Å². The number of hydrogen-bond donors (Lipinski definition) is 2. The molecule has 1 saturated carbocycles. The number of anilines is 1. The first-order valence-electron chi connectivity index (χ1n) is 9.55. The maximum atomic E-state index is 14.2. The molecule has 0 saturated heterocycles. The number of fused-ring (bicyclic) bond motifs is 1. The number of nitrogens with two attached hydrogens (primary N) is 1. The zero-order valence-electron chi connectivity index (χ0n) is 15.6. The Morgan fingerprint density at radius 3 is 2.55 bits per heavy atom. The van der Waals surface area contributed by atoms with Crippen LogP contribution in [0, 0.1) is 0 Å². The normalized spacial score (nSPS) is 19.8. The molecule has 2 heterocycles. The highest BCUT2D eigenvalue weighted by atomic mass is 35.5. The summed E-state index contributed by atoms with van der Waals surface area (Å²) >= 11 is 12.7. The minimum absolute atomic E-state index is 0.0547. The Balaban J connectivity index is 1.85. The molecule has 1 aromatic carbocycles. The van der Waals surface area contributed by atoms with E-state index in [-0.39, 0.29) is 39.1 Å². The molecular formula is C20H21Cl2F2N5. The fourth-order valence-corrected chi connectivity index (χ4v) is 4.64. The van der Waals surface area contributed by atoms with Gasteiger partial charge in [0, 0.05) is 24.2 Å². The van der Waals surface area contributed by atoms with Gasteiger partial charge < -0.3 is 11.1 Å². The number of rotatable bonds is 5. The molecule has 9 heteroatoms. The molecule has 3 N–H and O–H groups in total. The molecule has 0 spiro atoms. The lowest BCUT2D eigenvalue weighted by Gasteiger charge is -2.30. The van der Waals surface area contributed by atoms with Gasteiger partial charge in [0.1, 0.15) is 11.0 Å². The third-order valence-electron chi connectivity index (χ3n) is 5.46. The van der Waals surface area contributed by atoms with Crippen molar-refractivity contribution < 1.29 is 8.78 Å². The smallest absolute Gasteiger partial charge is 0.319 e. The molecule has 0 radical (unpaired) electrons. The molecule has 0 bridgehead atoms. The maximum absolute atomic E-state index is 14.2. The molecule has 1 aliphatic carbocycles. The Morgan fingerprint density at radius 2 is 1.86 bits per heavy atom. The second-order valence-electron chi connectivity index (χ2n) is 7.28. The maximum Gasteiger partial charge on any atom is 0.319 e. The summed E-state index contributed by atoms with van der Waals surface area (Å²) in [7, 11) is 0. The number of nitrogens with one attached hydrogen (secondary N) is 1. The quantitative estimate of drug-likeness (QED) is 0.498. The van der Waals surface area contributed by atoms with Gasteiger partial charge in [0.05, 0.1) is 5.02 Å². The summed E-state index contributed by atoms with van der Waals surface area (Å²) in [5.41, 5.74) is 7.95. The van der Waals surface area contributed by atoms with Crippen LogP contribution in [-0.4, -0.2) is 20.6 Å². The number of hydrogen-bond acceptors (Lipinski definition) is 4. The zero-order chi connectivity index (χ0) is 20.5. The van der Waals surface area contributed by atoms with Crippen LogP contribution in [0.25, 0.3) is 11.0 Å². The molecule has 0 amide bonds. The van der Waals surface area contributed by atoms with Gasteiger partial charge in [0.15, 0.2) is 5.82 Å². The predicted molar refractivity (Wildman–Crippen MR) is 112 cm³/mol. The van der Waals surface area contributed by atoms with E-state index in [0.717, 1.165) is 29.4 Å². The molecule has 0 aliphatic heterocycles. The first-order chi connectivity index (χ1) is 14.0. The van der Waals surface area contributed by atoms with Gasteiger partial charge in [-0.05, 0) is 30.0 Å². The van der Waals surface area contributed by atoms with Crippen molar-refractivity contribution in [2.24, 2.45) is 5.73 Å². The van der Waals surface area contributed by atoms with Crippen LogP contribution >= 0.6 is 23.2 Å². The van der Waals surface area contributed by atoms with E-state index < -0.39 is 6.55 Å². The molecule has 2 atom stereocenters. The summed E-state index contributed by atoms with van der Waals surface area (Å²) in [5, 5.41) is 3.24. The van der Waals surface area contributed by atoms with E-state index in [4.69, 9.17) is 28.9 Å². The van der Waals surface area contributed by atoms with E-state index in [9.17, 15) is 8.78 Å². The van der Waals surface area contributed by atoms with Gasteiger partial charge in [-0.3, -0.25) is 4.57 Å². The molecule has 5 nitrogen and oxygen atoms in total. The molecular weight excluding hydrogens is 419 g/mol. The molecule has 2 aromatic heterocycles. The largest absolute Gasteiger partial charge is 0.364 e. The van der Waals surface area contributed by atoms with Crippen LogP contribution in [0.1, 0.15) is 49.4 Å². The Kier molecular flexibility index (Phi) is 5.90. The monoisotopic (exact) mass is 439 g/mol. The standard InChI is InChI=1S/C20H21Cl2F2N5/c21-14-15-17(29(20(23)24)16(14)12-8-4-5-9-13(12)25)18(28-19(22)27-15)26-10-11-6-2-1-3-7-11/h1-3,6-7,12-13,20H,4-5,8-10,25H2,(H,26,27,28)/t12-,13-/m0/s1. The fourth-order valence-electron chi connectivity index (χ4n) is 4.10. The van der Waals surface area contributed by atoms with Gasteiger partial charge in [-0.1, -0.05) is 54.8 Å². The van der Waals surface area contributed by atoms with Crippen molar-refractivity contribution in [1.29, 1.82) is 0 Å². The number of aromatic nitrogens is 3. The van der Waals surface area contributed by atoms with Gasteiger partial charge in [-0.25, -0.2) is 4.98 Å². The van der Waals surface area contributed by atoms with Crippen LogP contribution in [0.5, 0.6) is 0 Å². The second-order valence-corrected chi connectivity index (χ2v) is 8.00. The van der Waals surface area contributed by atoms with Crippen LogP contribution in [-0.2, 0) is 6.54 Å². The van der Waals surface area contributed by atoms with Crippen molar-refractivity contribution in [3.8, 4) is 0 Å². The minimum Gasteiger partial charge on any atom is -0.364 e. The van der Waals surface area contributed by atoms with Gasteiger partial charge in [0.2, 0.25) is 5.28 Å². The van der Waals surface area contributed by atoms with E-state index in [2.05, 4.69) is 15.3 Å². The molecule has 1 fully saturated rings. The molecule has 154 valence electrons. The van der Waals surface area contributed by atoms with Crippen molar-refractivity contribution in [3.63, 3.8) is 0 Å². The molecule has 1 aliphatic rings. The number of nitrogens with zero attached hydrogens (tertiary/aromatic N) is 3. The highest BCUT2D eigenvalue weighted by Crippen LogP contribution is 2.44. The number of halogens is 4. The Labute approximate surface area is 177 Å². The fraction of sp³-hybridized carbons (Fsp3) is 0.400. The second kappa shape index (κ2) is 8.42. The van der Waals surface area contributed by atoms with Gasteiger partial charge >= 0.3 is 6.55 Å². The van der Waals surface area contributed by atoms with Crippen LogP contribution in [0.2, 0.25) is 10.3 Å². The van der Waals surface area contributed by atoms with Crippen LogP contribution in [0.15, 0.2) is 30.3 Å². The SMILES string of the molecule is N[C@H]1CCCC[C@@H]1c1c(Cl)c2nc(Cl)nc(NCc3ccccc3)c2n1C(F)F. The van der Waals surface area contributed by atoms with E-state index in [1.165, 1.54) is 0 Å². The summed E-state index contributed by atoms with van der Waals surface area (Å²) in [4.78, 5) is 8.34. The molecule has 4 rings (SSSR count). The third-order valence-corrected chi connectivity index (χ3v) is 6.00. The first kappa shape index (κ1) is 20.3. The van der Waals surface area contributed by atoms with E-state index in [0.29, 0.717) is 18.7 Å². The minimum atomic E-state index is -2.81. The molecule has 0 unspecified atom stereocenters. The Morgan fingerprint density at radius 1 is 1.14 bits per heavy atom. The number of benzene rings is 1. The highest BCUT2D eigenvalue weighted by molar-refractivity contribution is 6.37. The predicted octanol–water partition coefficient (Wildman–Crippen LogP) is 5.73. The summed E-state index contributed by atoms with van der Waals surface area (Å²) in [6.45, 7) is -2.41. The molecule has 29 heavy (non-hydrogen) atoms. The van der Waals surface area contributed by atoms with Gasteiger partial charge in [-0.2, -0.15) is 13.8 Å². The zero-order valence-corrected chi connectivity index (χ0v) is 17.1. The lowest BCUT2D eigenvalue weighted by atomic mass is 9.83. The average Bonchev–Trinajstić information content (AvgIpc) is 3.00. The van der Waals surface area contributed by atoms with Crippen LogP contribution in [0.4, 0.5) is 14.6 Å². The Bertz CT molecular complexity index is 1010. The summed E-state index contributed by atoms with van der Waals surface area (Å²) in [6, 6.07) is 9.34. The molecule has 3 aromatic rings. The van der Waals surface area contributed by atoms with Gasteiger partial charge in [-0.15, -0.1) is 0 Å². The van der Waals surface area contributed by atoms with Crippen molar-refractivity contribution in [3.05, 3.63) is 51.9 Å². The van der Waals surface area contributed by atoms with E-state index >= 15 is 0 Å². The average molecular weight is 440 g/mol. The summed E-state index contributed by atoms with van der Waals surface area (Å²) in [6.07, 6.45) is 3.39. The highest BCUT2D eigenvalue weighted by Gasteiger charge is 2.34. The van der Waals surface area contributed by atoms with E-state index in [1.807, 2.05) is 30.3 Å². The van der Waals surface area contributed by atoms with Crippen molar-refractivity contribution in [2.75, 3.05) is 5.32 Å². The van der Waals surface area contributed by atoms with E-state index in [1.54, 1.807) is 0 Å². The topological polar surface area (TPSA) is 68.8 Å². The summed E-state index contributed by atoms with van der Waals surface area (Å²) < 4.78 is 29.4. The first-order valence-corrected chi connectivity index (χ1v) is 10.3. The lowest BCUT2D eigenvalue weighted by Crippen LogP contribution is -2.33. The van der Waals surface area contributed by atoms with Crippen LogP contribution < -0.4 is 11.1 Å². The van der Waals surface area contributed by atoms with Crippen molar-refractivity contribution >= 4 is 40.1 Å².